The Morgan fingerprint density at radius 1 is 1.11 bits per heavy atom. The van der Waals surface area contributed by atoms with Crippen LogP contribution in [0.15, 0.2) is 0 Å². The van der Waals surface area contributed by atoms with Gasteiger partial charge in [0.25, 0.3) is 0 Å². The van der Waals surface area contributed by atoms with Crippen molar-refractivity contribution in [3.05, 3.63) is 0 Å². The molecule has 0 radical (unpaired) electrons. The van der Waals surface area contributed by atoms with E-state index in [1.54, 1.807) is 0 Å². The highest BCUT2D eigenvalue weighted by atomic mass is 32.1. The summed E-state index contributed by atoms with van der Waals surface area (Å²) < 4.78 is 0. The molecule has 0 aliphatic heterocycles. The van der Waals surface area contributed by atoms with Crippen molar-refractivity contribution in [3.8, 4) is 0 Å². The predicted octanol–water partition coefficient (Wildman–Crippen LogP) is 2.92. The molecule has 1 saturated carbocycles. The fraction of sp³-hybridized carbons (Fsp3) is 0.857. The molecule has 0 spiro atoms. The summed E-state index contributed by atoms with van der Waals surface area (Å²) in [5.41, 5.74) is 5.43. The average molecular weight is 270 g/mol. The highest BCUT2D eigenvalue weighted by Gasteiger charge is 2.18. The van der Waals surface area contributed by atoms with Crippen LogP contribution in [0.5, 0.6) is 0 Å². The van der Waals surface area contributed by atoms with Crippen molar-refractivity contribution in [1.29, 1.82) is 0 Å². The Bertz CT molecular complexity index is 261. The second-order valence-electron chi connectivity index (χ2n) is 5.26. The number of nitrogens with one attached hydrogen (secondary N) is 1. The van der Waals surface area contributed by atoms with Gasteiger partial charge in [-0.05, 0) is 32.1 Å². The zero-order valence-corrected chi connectivity index (χ0v) is 12.1. The number of unbranched alkanes of at least 4 members (excludes halogenated alkanes) is 1. The van der Waals surface area contributed by atoms with Crippen molar-refractivity contribution in [2.75, 3.05) is 6.54 Å². The molecule has 0 atom stereocenters. The number of carbonyl (C=O) groups is 1. The third kappa shape index (κ3) is 6.94. The lowest BCUT2D eigenvalue weighted by Gasteiger charge is -2.19. The molecule has 0 unspecified atom stereocenters. The highest BCUT2D eigenvalue weighted by molar-refractivity contribution is 7.80. The lowest BCUT2D eigenvalue weighted by molar-refractivity contribution is -0.125. The van der Waals surface area contributed by atoms with Crippen molar-refractivity contribution in [1.82, 2.24) is 5.32 Å². The van der Waals surface area contributed by atoms with Gasteiger partial charge in [0.1, 0.15) is 0 Å². The van der Waals surface area contributed by atoms with E-state index in [-0.39, 0.29) is 11.8 Å². The minimum Gasteiger partial charge on any atom is -0.393 e. The molecule has 0 heterocycles. The van der Waals surface area contributed by atoms with Gasteiger partial charge < -0.3 is 11.1 Å². The molecule has 18 heavy (non-hydrogen) atoms. The molecule has 104 valence electrons. The molecule has 3 nitrogen and oxygen atoms in total. The standard InChI is InChI=1S/C14H26N2OS/c15-13(18)10-6-7-11-16-14(17)12-8-4-2-1-3-5-9-12/h12H,1-11H2,(H2,15,18)(H,16,17). The summed E-state index contributed by atoms with van der Waals surface area (Å²) in [6.07, 6.45) is 11.2. The molecule has 0 aromatic heterocycles. The van der Waals surface area contributed by atoms with Crippen LogP contribution in [0.25, 0.3) is 0 Å². The van der Waals surface area contributed by atoms with Gasteiger partial charge in [-0.2, -0.15) is 0 Å². The van der Waals surface area contributed by atoms with Crippen LogP contribution < -0.4 is 11.1 Å². The molecule has 0 saturated heterocycles. The summed E-state index contributed by atoms with van der Waals surface area (Å²) in [5.74, 6) is 0.508. The van der Waals surface area contributed by atoms with E-state index in [0.29, 0.717) is 4.99 Å². The molecule has 1 amide bonds. The van der Waals surface area contributed by atoms with Gasteiger partial charge in [0.2, 0.25) is 5.91 Å². The monoisotopic (exact) mass is 270 g/mol. The topological polar surface area (TPSA) is 55.1 Å². The van der Waals surface area contributed by atoms with Gasteiger partial charge in [0, 0.05) is 12.5 Å². The average Bonchev–Trinajstić information content (AvgIpc) is 2.27. The molecule has 0 bridgehead atoms. The Morgan fingerprint density at radius 2 is 1.72 bits per heavy atom. The number of carbonyl (C=O) groups excluding carboxylic acids is 1. The van der Waals surface area contributed by atoms with Gasteiger partial charge in [-0.15, -0.1) is 0 Å². The number of nitrogens with two attached hydrogens (primary N) is 1. The van der Waals surface area contributed by atoms with Crippen molar-refractivity contribution < 1.29 is 4.79 Å². The Morgan fingerprint density at radius 3 is 2.33 bits per heavy atom. The first-order valence-corrected chi connectivity index (χ1v) is 7.67. The van der Waals surface area contributed by atoms with Crippen molar-refractivity contribution in [2.24, 2.45) is 11.7 Å². The molecule has 4 heteroatoms. The maximum absolute atomic E-state index is 12.0. The number of amides is 1. The van der Waals surface area contributed by atoms with Crippen LogP contribution in [-0.2, 0) is 4.79 Å². The maximum Gasteiger partial charge on any atom is 0.223 e. The van der Waals surface area contributed by atoms with Gasteiger partial charge >= 0.3 is 0 Å². The number of rotatable bonds is 6. The fourth-order valence-electron chi connectivity index (χ4n) is 2.50. The molecule has 3 N–H and O–H groups in total. The summed E-state index contributed by atoms with van der Waals surface area (Å²) in [6.45, 7) is 0.762. The van der Waals surface area contributed by atoms with Crippen LogP contribution in [0.4, 0.5) is 0 Å². The van der Waals surface area contributed by atoms with Crippen LogP contribution in [0.3, 0.4) is 0 Å². The minimum atomic E-state index is 0.251. The minimum absolute atomic E-state index is 0.251. The van der Waals surface area contributed by atoms with E-state index < -0.39 is 0 Å². The van der Waals surface area contributed by atoms with Crippen LogP contribution in [0.1, 0.15) is 64.2 Å². The molecule has 1 rings (SSSR count). The SMILES string of the molecule is NC(=S)CCCCNC(=O)C1CCCCCCC1. The summed E-state index contributed by atoms with van der Waals surface area (Å²) in [4.78, 5) is 12.6. The largest absolute Gasteiger partial charge is 0.393 e. The van der Waals surface area contributed by atoms with E-state index in [0.717, 1.165) is 38.6 Å². The zero-order chi connectivity index (χ0) is 13.2. The lowest BCUT2D eigenvalue weighted by Crippen LogP contribution is -2.32. The van der Waals surface area contributed by atoms with Crippen molar-refractivity contribution in [3.63, 3.8) is 0 Å². The van der Waals surface area contributed by atoms with Crippen molar-refractivity contribution in [2.45, 2.75) is 64.2 Å². The van der Waals surface area contributed by atoms with Crippen LogP contribution >= 0.6 is 12.2 Å². The first kappa shape index (κ1) is 15.4. The molecule has 1 aliphatic carbocycles. The molecule has 0 aromatic carbocycles. The first-order chi connectivity index (χ1) is 8.70. The number of thiocarbonyl (C=S) groups is 1. The number of hydrogen-bond acceptors (Lipinski definition) is 2. The second-order valence-corrected chi connectivity index (χ2v) is 5.78. The highest BCUT2D eigenvalue weighted by Crippen LogP contribution is 2.22. The Balaban J connectivity index is 2.12. The maximum atomic E-state index is 12.0. The van der Waals surface area contributed by atoms with E-state index in [1.165, 1.54) is 32.1 Å². The van der Waals surface area contributed by atoms with Crippen LogP contribution in [-0.4, -0.2) is 17.4 Å². The van der Waals surface area contributed by atoms with E-state index in [4.69, 9.17) is 18.0 Å². The molecule has 0 aromatic rings. The van der Waals surface area contributed by atoms with Crippen LogP contribution in [0, 0.1) is 5.92 Å². The predicted molar refractivity (Wildman–Crippen MR) is 79.5 cm³/mol. The molecule has 1 aliphatic rings. The summed E-state index contributed by atoms with van der Waals surface area (Å²) >= 11 is 4.82. The normalized spacial score (nSPS) is 17.8. The fourth-order valence-corrected chi connectivity index (χ4v) is 2.64. The van der Waals surface area contributed by atoms with Gasteiger partial charge in [0.05, 0.1) is 4.99 Å². The summed E-state index contributed by atoms with van der Waals surface area (Å²) in [6, 6.07) is 0. The first-order valence-electron chi connectivity index (χ1n) is 7.26. The van der Waals surface area contributed by atoms with E-state index >= 15 is 0 Å². The van der Waals surface area contributed by atoms with E-state index in [1.807, 2.05) is 0 Å². The van der Waals surface area contributed by atoms with Gasteiger partial charge in [0.15, 0.2) is 0 Å². The van der Waals surface area contributed by atoms with E-state index in [2.05, 4.69) is 5.32 Å². The Labute approximate surface area is 116 Å². The summed E-state index contributed by atoms with van der Waals surface area (Å²) in [5, 5.41) is 3.05. The summed E-state index contributed by atoms with van der Waals surface area (Å²) in [7, 11) is 0. The van der Waals surface area contributed by atoms with Crippen molar-refractivity contribution >= 4 is 23.1 Å². The zero-order valence-electron chi connectivity index (χ0n) is 11.2. The van der Waals surface area contributed by atoms with E-state index in [9.17, 15) is 4.79 Å². The third-order valence-electron chi connectivity index (χ3n) is 3.63. The van der Waals surface area contributed by atoms with Gasteiger partial charge in [-0.3, -0.25) is 4.79 Å². The second kappa shape index (κ2) is 9.31. The lowest BCUT2D eigenvalue weighted by atomic mass is 9.90. The molecular weight excluding hydrogens is 244 g/mol. The van der Waals surface area contributed by atoms with Gasteiger partial charge in [-0.25, -0.2) is 0 Å². The van der Waals surface area contributed by atoms with Gasteiger partial charge in [-0.1, -0.05) is 44.3 Å². The van der Waals surface area contributed by atoms with Crippen LogP contribution in [0.2, 0.25) is 0 Å². The number of hydrogen-bond donors (Lipinski definition) is 2. The molecule has 1 fully saturated rings. The molecular formula is C14H26N2OS. The Hall–Kier alpha value is -0.640. The smallest absolute Gasteiger partial charge is 0.223 e. The Kier molecular flexibility index (Phi) is 7.98. The quantitative estimate of drug-likeness (QED) is 0.576. The third-order valence-corrected chi connectivity index (χ3v) is 3.83.